The van der Waals surface area contributed by atoms with E-state index in [1.165, 1.54) is 78.3 Å². The monoisotopic (exact) mass is 553 g/mol. The fourth-order valence-corrected chi connectivity index (χ4v) is 7.42. The second kappa shape index (κ2) is 13.5. The molecule has 0 N–H and O–H groups in total. The highest BCUT2D eigenvalue weighted by atomic mass is 31.1. The van der Waals surface area contributed by atoms with Gasteiger partial charge in [-0.15, -0.1) is 0 Å². The highest BCUT2D eigenvalue weighted by Crippen LogP contribution is 2.52. The number of aryl methyl sites for hydroxylation is 1. The predicted molar refractivity (Wildman–Crippen MR) is 171 cm³/mol. The zero-order valence-electron chi connectivity index (χ0n) is 26.7. The molecule has 2 aromatic carbocycles. The SMILES string of the molecule is CCCCC(C)(Pc1ccc(C)cc1CN1CCCCC1)c1cc(C(C)(C)C)cc(C(C)(C)C)c1OCOC. The number of ether oxygens (including phenoxy) is 2. The first kappa shape index (κ1) is 32.1. The zero-order chi connectivity index (χ0) is 28.8. The van der Waals surface area contributed by atoms with Crippen LogP contribution < -0.4 is 10.0 Å². The second-order valence-corrected chi connectivity index (χ2v) is 15.9. The van der Waals surface area contributed by atoms with Crippen LogP contribution in [0.4, 0.5) is 0 Å². The van der Waals surface area contributed by atoms with Crippen LogP contribution >= 0.6 is 8.58 Å². The van der Waals surface area contributed by atoms with Crippen LogP contribution in [0.15, 0.2) is 30.3 Å². The van der Waals surface area contributed by atoms with Crippen molar-refractivity contribution in [2.75, 3.05) is 27.0 Å². The minimum Gasteiger partial charge on any atom is -0.467 e. The molecule has 39 heavy (non-hydrogen) atoms. The first-order valence-electron chi connectivity index (χ1n) is 15.2. The van der Waals surface area contributed by atoms with Crippen LogP contribution in [0.5, 0.6) is 5.75 Å². The van der Waals surface area contributed by atoms with Gasteiger partial charge in [-0.25, -0.2) is 0 Å². The molecule has 3 rings (SSSR count). The Morgan fingerprint density at radius 3 is 2.13 bits per heavy atom. The molecule has 2 aromatic rings. The van der Waals surface area contributed by atoms with Gasteiger partial charge >= 0.3 is 0 Å². The summed E-state index contributed by atoms with van der Waals surface area (Å²) in [5.74, 6) is 1.04. The number of rotatable bonds is 11. The molecule has 0 spiro atoms. The van der Waals surface area contributed by atoms with E-state index in [0.29, 0.717) is 8.58 Å². The van der Waals surface area contributed by atoms with Crippen LogP contribution in [0.1, 0.15) is 122 Å². The number of hydrogen-bond donors (Lipinski definition) is 0. The molecule has 0 bridgehead atoms. The molecule has 2 unspecified atom stereocenters. The van der Waals surface area contributed by atoms with Crippen molar-refractivity contribution in [2.45, 2.75) is 123 Å². The quantitative estimate of drug-likeness (QED) is 0.205. The van der Waals surface area contributed by atoms with E-state index in [4.69, 9.17) is 9.47 Å². The van der Waals surface area contributed by atoms with E-state index in [-0.39, 0.29) is 22.8 Å². The fourth-order valence-electron chi connectivity index (χ4n) is 5.73. The lowest BCUT2D eigenvalue weighted by molar-refractivity contribution is 0.0486. The number of piperidine rings is 1. The summed E-state index contributed by atoms with van der Waals surface area (Å²) in [6, 6.07) is 12.1. The van der Waals surface area contributed by atoms with Crippen molar-refractivity contribution in [1.29, 1.82) is 0 Å². The number of nitrogens with zero attached hydrogens (tertiary/aromatic N) is 1. The van der Waals surface area contributed by atoms with Gasteiger partial charge in [-0.1, -0.05) is 119 Å². The molecule has 0 saturated carbocycles. The number of unbranched alkanes of at least 4 members (excludes halogenated alkanes) is 1. The lowest BCUT2D eigenvalue weighted by Crippen LogP contribution is -2.31. The third kappa shape index (κ3) is 8.54. The molecule has 1 saturated heterocycles. The van der Waals surface area contributed by atoms with Gasteiger partial charge in [0, 0.05) is 29.9 Å². The highest BCUT2D eigenvalue weighted by molar-refractivity contribution is 7.48. The molecule has 0 aromatic heterocycles. The van der Waals surface area contributed by atoms with E-state index >= 15 is 0 Å². The smallest absolute Gasteiger partial charge is 0.188 e. The first-order chi connectivity index (χ1) is 18.3. The van der Waals surface area contributed by atoms with Gasteiger partial charge in [0.2, 0.25) is 0 Å². The minimum atomic E-state index is -0.0445. The normalized spacial score (nSPS) is 17.1. The van der Waals surface area contributed by atoms with Crippen molar-refractivity contribution in [3.05, 3.63) is 58.1 Å². The molecule has 0 amide bonds. The van der Waals surface area contributed by atoms with E-state index in [1.807, 2.05) is 0 Å². The molecular formula is C35H56NO2P. The maximum atomic E-state index is 6.52. The van der Waals surface area contributed by atoms with Crippen molar-refractivity contribution < 1.29 is 9.47 Å². The Bertz CT molecular complexity index is 1080. The number of benzene rings is 2. The van der Waals surface area contributed by atoms with Crippen LogP contribution in [0.3, 0.4) is 0 Å². The van der Waals surface area contributed by atoms with Crippen molar-refractivity contribution in [3.8, 4) is 5.75 Å². The summed E-state index contributed by atoms with van der Waals surface area (Å²) in [5.41, 5.74) is 6.90. The summed E-state index contributed by atoms with van der Waals surface area (Å²) in [6.07, 6.45) is 7.55. The zero-order valence-corrected chi connectivity index (χ0v) is 27.7. The van der Waals surface area contributed by atoms with E-state index < -0.39 is 0 Å². The molecule has 0 radical (unpaired) electrons. The lowest BCUT2D eigenvalue weighted by Gasteiger charge is -2.37. The average Bonchev–Trinajstić information content (AvgIpc) is 2.87. The molecule has 2 atom stereocenters. The van der Waals surface area contributed by atoms with Gasteiger partial charge in [0.25, 0.3) is 0 Å². The molecule has 1 heterocycles. The molecule has 0 aliphatic carbocycles. The van der Waals surface area contributed by atoms with Gasteiger partial charge in [-0.05, 0) is 66.5 Å². The van der Waals surface area contributed by atoms with E-state index in [2.05, 4.69) is 97.5 Å². The van der Waals surface area contributed by atoms with Crippen LogP contribution in [-0.4, -0.2) is 31.9 Å². The van der Waals surface area contributed by atoms with Gasteiger partial charge in [0.05, 0.1) is 0 Å². The Morgan fingerprint density at radius 1 is 0.872 bits per heavy atom. The van der Waals surface area contributed by atoms with Crippen LogP contribution in [-0.2, 0) is 27.3 Å². The summed E-state index contributed by atoms with van der Waals surface area (Å²) in [7, 11) is 2.38. The van der Waals surface area contributed by atoms with Gasteiger partial charge in [-0.3, -0.25) is 4.90 Å². The van der Waals surface area contributed by atoms with E-state index in [0.717, 1.165) is 18.7 Å². The summed E-state index contributed by atoms with van der Waals surface area (Å²) in [4.78, 5) is 2.67. The van der Waals surface area contributed by atoms with E-state index in [9.17, 15) is 0 Å². The molecule has 1 aliphatic heterocycles. The Labute approximate surface area is 242 Å². The summed E-state index contributed by atoms with van der Waals surface area (Å²) < 4.78 is 12.0. The van der Waals surface area contributed by atoms with Gasteiger partial charge in [-0.2, -0.15) is 0 Å². The van der Waals surface area contributed by atoms with Crippen molar-refractivity contribution in [2.24, 2.45) is 0 Å². The van der Waals surface area contributed by atoms with Crippen LogP contribution in [0.2, 0.25) is 0 Å². The fraction of sp³-hybridized carbons (Fsp3) is 0.657. The molecule has 1 fully saturated rings. The van der Waals surface area contributed by atoms with Crippen LogP contribution in [0, 0.1) is 6.92 Å². The average molecular weight is 554 g/mol. The molecule has 218 valence electrons. The summed E-state index contributed by atoms with van der Waals surface area (Å²) in [6.45, 7) is 24.7. The first-order valence-corrected chi connectivity index (χ1v) is 16.2. The Kier molecular flexibility index (Phi) is 11.1. The third-order valence-corrected chi connectivity index (χ3v) is 10.1. The van der Waals surface area contributed by atoms with Gasteiger partial charge in [0.15, 0.2) is 6.79 Å². The standard InChI is InChI=1S/C35H56NO2P/c1-11-12-18-35(9,39-31-17-16-26(2)21-27(31)24-36-19-14-13-15-20-36)30-23-28(33(3,4)5)22-29(34(6,7)8)32(30)38-25-37-10/h16-17,21-23,39H,11-15,18-20,24-25H2,1-10H3. The Hall–Kier alpha value is -1.41. The molecule has 1 aliphatic rings. The lowest BCUT2D eigenvalue weighted by atomic mass is 9.76. The van der Waals surface area contributed by atoms with Crippen molar-refractivity contribution >= 4 is 13.9 Å². The molecule has 4 heteroatoms. The summed E-state index contributed by atoms with van der Waals surface area (Å²) >= 11 is 0. The maximum absolute atomic E-state index is 6.52. The summed E-state index contributed by atoms with van der Waals surface area (Å²) in [5, 5.41) is 1.48. The Morgan fingerprint density at radius 2 is 1.54 bits per heavy atom. The van der Waals surface area contributed by atoms with Gasteiger partial charge < -0.3 is 9.47 Å². The maximum Gasteiger partial charge on any atom is 0.188 e. The van der Waals surface area contributed by atoms with Crippen LogP contribution in [0.25, 0.3) is 0 Å². The molecular weight excluding hydrogens is 497 g/mol. The Balaban J connectivity index is 2.20. The predicted octanol–water partition coefficient (Wildman–Crippen LogP) is 8.97. The molecule has 3 nitrogen and oxygen atoms in total. The van der Waals surface area contributed by atoms with Crippen molar-refractivity contribution in [3.63, 3.8) is 0 Å². The van der Waals surface area contributed by atoms with E-state index in [1.54, 1.807) is 7.11 Å². The largest absolute Gasteiger partial charge is 0.467 e. The topological polar surface area (TPSA) is 21.7 Å². The van der Waals surface area contributed by atoms with Gasteiger partial charge in [0.1, 0.15) is 5.75 Å². The number of hydrogen-bond acceptors (Lipinski definition) is 3. The highest BCUT2D eigenvalue weighted by Gasteiger charge is 2.36. The van der Waals surface area contributed by atoms with Crippen molar-refractivity contribution in [1.82, 2.24) is 4.90 Å². The number of likely N-dealkylation sites (tertiary alicyclic amines) is 1. The number of methoxy groups -OCH3 is 1. The second-order valence-electron chi connectivity index (χ2n) is 14.0. The minimum absolute atomic E-state index is 0.0355. The third-order valence-electron chi connectivity index (χ3n) is 8.22.